The molecule has 6 nitrogen and oxygen atoms in total. The number of aryl methyl sites for hydroxylation is 1. The summed E-state index contributed by atoms with van der Waals surface area (Å²) in [7, 11) is 0. The average Bonchev–Trinajstić information content (AvgIpc) is 2.99. The van der Waals surface area contributed by atoms with Crippen LogP contribution >= 0.6 is 0 Å². The summed E-state index contributed by atoms with van der Waals surface area (Å²) in [6, 6.07) is 1.89. The van der Waals surface area contributed by atoms with E-state index in [1.807, 2.05) is 19.9 Å². The summed E-state index contributed by atoms with van der Waals surface area (Å²) in [6.45, 7) is 4.65. The van der Waals surface area contributed by atoms with Crippen molar-refractivity contribution in [3.8, 4) is 11.3 Å². The highest BCUT2D eigenvalue weighted by Gasteiger charge is 2.30. The Labute approximate surface area is 110 Å². The van der Waals surface area contributed by atoms with E-state index in [1.165, 1.54) is 0 Å². The molecule has 1 aliphatic rings. The molecular formula is C13H15N5O. The van der Waals surface area contributed by atoms with Gasteiger partial charge in [0.05, 0.1) is 18.1 Å². The van der Waals surface area contributed by atoms with E-state index in [-0.39, 0.29) is 11.8 Å². The zero-order chi connectivity index (χ0) is 13.4. The minimum Gasteiger partial charge on any atom is -0.295 e. The molecule has 19 heavy (non-hydrogen) atoms. The zero-order valence-corrected chi connectivity index (χ0v) is 10.9. The van der Waals surface area contributed by atoms with Crippen LogP contribution in [0, 0.1) is 12.8 Å². The van der Waals surface area contributed by atoms with Crippen molar-refractivity contribution >= 4 is 11.7 Å². The maximum Gasteiger partial charge on any atom is 0.231 e. The molecule has 1 atom stereocenters. The highest BCUT2D eigenvalue weighted by molar-refractivity contribution is 5.96. The second-order valence-electron chi connectivity index (χ2n) is 4.91. The lowest BCUT2D eigenvalue weighted by molar-refractivity contribution is -0.119. The third-order valence-corrected chi connectivity index (χ3v) is 3.53. The molecule has 2 aromatic heterocycles. The van der Waals surface area contributed by atoms with E-state index >= 15 is 0 Å². The van der Waals surface area contributed by atoms with Crippen molar-refractivity contribution in [2.75, 3.05) is 11.4 Å². The topological polar surface area (TPSA) is 74.8 Å². The number of nitrogens with one attached hydrogen (secondary N) is 1. The number of carbonyl (C=O) groups is 1. The summed E-state index contributed by atoms with van der Waals surface area (Å²) < 4.78 is 0. The SMILES string of the molecule is Cc1cnncc1-c1cc(N2CCC(C)C2=O)n[nH]1. The molecular weight excluding hydrogens is 242 g/mol. The fraction of sp³-hybridized carbons (Fsp3) is 0.385. The maximum atomic E-state index is 12.0. The molecule has 98 valence electrons. The maximum absolute atomic E-state index is 12.0. The van der Waals surface area contributed by atoms with Crippen LogP contribution in [0.1, 0.15) is 18.9 Å². The lowest BCUT2D eigenvalue weighted by atomic mass is 10.1. The Hall–Kier alpha value is -2.24. The van der Waals surface area contributed by atoms with Crippen LogP contribution in [0.5, 0.6) is 0 Å². The number of H-pyrrole nitrogens is 1. The van der Waals surface area contributed by atoms with Gasteiger partial charge in [-0.1, -0.05) is 6.92 Å². The molecule has 1 amide bonds. The van der Waals surface area contributed by atoms with Gasteiger partial charge < -0.3 is 0 Å². The lowest BCUT2D eigenvalue weighted by Crippen LogP contribution is -2.26. The second kappa shape index (κ2) is 4.46. The minimum atomic E-state index is 0.0875. The summed E-state index contributed by atoms with van der Waals surface area (Å²) in [5.74, 6) is 0.910. The third-order valence-electron chi connectivity index (χ3n) is 3.53. The smallest absolute Gasteiger partial charge is 0.231 e. The Kier molecular flexibility index (Phi) is 2.77. The van der Waals surface area contributed by atoms with Gasteiger partial charge in [0.1, 0.15) is 0 Å². The third kappa shape index (κ3) is 1.99. The van der Waals surface area contributed by atoms with Crippen molar-refractivity contribution in [2.45, 2.75) is 20.3 Å². The van der Waals surface area contributed by atoms with Gasteiger partial charge in [0.2, 0.25) is 5.91 Å². The van der Waals surface area contributed by atoms with Crippen molar-refractivity contribution in [3.63, 3.8) is 0 Å². The van der Waals surface area contributed by atoms with Crippen LogP contribution in [0.3, 0.4) is 0 Å². The molecule has 0 aliphatic carbocycles. The van der Waals surface area contributed by atoms with Gasteiger partial charge in [-0.25, -0.2) is 0 Å². The molecule has 3 rings (SSSR count). The first-order chi connectivity index (χ1) is 9.16. The van der Waals surface area contributed by atoms with Crippen LogP contribution in [0.2, 0.25) is 0 Å². The van der Waals surface area contributed by atoms with Gasteiger partial charge in [0, 0.05) is 24.1 Å². The summed E-state index contributed by atoms with van der Waals surface area (Å²) in [5.41, 5.74) is 2.83. The Morgan fingerprint density at radius 1 is 1.37 bits per heavy atom. The number of amides is 1. The molecule has 0 spiro atoms. The van der Waals surface area contributed by atoms with E-state index in [0.717, 1.165) is 29.8 Å². The number of rotatable bonds is 2. The quantitative estimate of drug-likeness (QED) is 0.885. The lowest BCUT2D eigenvalue weighted by Gasteiger charge is -2.11. The monoisotopic (exact) mass is 257 g/mol. The summed E-state index contributed by atoms with van der Waals surface area (Å²) in [5, 5.41) is 14.9. The Morgan fingerprint density at radius 3 is 2.84 bits per heavy atom. The largest absolute Gasteiger partial charge is 0.295 e. The highest BCUT2D eigenvalue weighted by atomic mass is 16.2. The molecule has 3 heterocycles. The molecule has 6 heteroatoms. The number of aromatic amines is 1. The van der Waals surface area contributed by atoms with Crippen LogP contribution in [-0.2, 0) is 4.79 Å². The first-order valence-electron chi connectivity index (χ1n) is 6.31. The average molecular weight is 257 g/mol. The van der Waals surface area contributed by atoms with E-state index in [4.69, 9.17) is 0 Å². The normalized spacial score (nSPS) is 19.2. The van der Waals surface area contributed by atoms with Crippen molar-refractivity contribution < 1.29 is 4.79 Å². The number of hydrogen-bond donors (Lipinski definition) is 1. The van der Waals surface area contributed by atoms with E-state index in [1.54, 1.807) is 17.3 Å². The van der Waals surface area contributed by atoms with Gasteiger partial charge in [-0.2, -0.15) is 15.3 Å². The fourth-order valence-electron chi connectivity index (χ4n) is 2.30. The first kappa shape index (κ1) is 11.8. The Morgan fingerprint density at radius 2 is 2.16 bits per heavy atom. The second-order valence-corrected chi connectivity index (χ2v) is 4.91. The molecule has 1 fully saturated rings. The zero-order valence-electron chi connectivity index (χ0n) is 10.9. The number of anilines is 1. The minimum absolute atomic E-state index is 0.0875. The molecule has 1 unspecified atom stereocenters. The molecule has 1 N–H and O–H groups in total. The predicted octanol–water partition coefficient (Wildman–Crippen LogP) is 1.55. The van der Waals surface area contributed by atoms with Crippen LogP contribution in [0.15, 0.2) is 18.5 Å². The van der Waals surface area contributed by atoms with E-state index in [0.29, 0.717) is 5.82 Å². The number of aromatic nitrogens is 4. The van der Waals surface area contributed by atoms with Crippen molar-refractivity contribution in [1.82, 2.24) is 20.4 Å². The molecule has 0 bridgehead atoms. The van der Waals surface area contributed by atoms with E-state index < -0.39 is 0 Å². The molecule has 1 saturated heterocycles. The molecule has 0 aromatic carbocycles. The Balaban J connectivity index is 1.92. The van der Waals surface area contributed by atoms with E-state index in [2.05, 4.69) is 20.4 Å². The van der Waals surface area contributed by atoms with E-state index in [9.17, 15) is 4.79 Å². The molecule has 1 aliphatic heterocycles. The van der Waals surface area contributed by atoms with Crippen molar-refractivity contribution in [1.29, 1.82) is 0 Å². The first-order valence-corrected chi connectivity index (χ1v) is 6.31. The number of carbonyl (C=O) groups excluding carboxylic acids is 1. The summed E-state index contributed by atoms with van der Waals surface area (Å²) in [6.07, 6.45) is 4.29. The van der Waals surface area contributed by atoms with Crippen LogP contribution in [0.25, 0.3) is 11.3 Å². The number of nitrogens with zero attached hydrogens (tertiary/aromatic N) is 4. The van der Waals surface area contributed by atoms with Gasteiger partial charge >= 0.3 is 0 Å². The van der Waals surface area contributed by atoms with Crippen molar-refractivity contribution in [3.05, 3.63) is 24.0 Å². The summed E-state index contributed by atoms with van der Waals surface area (Å²) >= 11 is 0. The highest BCUT2D eigenvalue weighted by Crippen LogP contribution is 2.27. The van der Waals surface area contributed by atoms with Crippen LogP contribution < -0.4 is 4.90 Å². The van der Waals surface area contributed by atoms with Crippen molar-refractivity contribution in [2.24, 2.45) is 5.92 Å². The molecule has 0 saturated carbocycles. The fourth-order valence-corrected chi connectivity index (χ4v) is 2.30. The van der Waals surface area contributed by atoms with Crippen LogP contribution in [-0.4, -0.2) is 32.8 Å². The van der Waals surface area contributed by atoms with Gasteiger partial charge in [0.15, 0.2) is 5.82 Å². The summed E-state index contributed by atoms with van der Waals surface area (Å²) in [4.78, 5) is 13.7. The molecule has 0 radical (unpaired) electrons. The predicted molar refractivity (Wildman–Crippen MR) is 70.5 cm³/mol. The van der Waals surface area contributed by atoms with Crippen LogP contribution in [0.4, 0.5) is 5.82 Å². The van der Waals surface area contributed by atoms with Gasteiger partial charge in [-0.3, -0.25) is 14.8 Å². The number of hydrogen-bond acceptors (Lipinski definition) is 4. The van der Waals surface area contributed by atoms with Gasteiger partial charge in [0.25, 0.3) is 0 Å². The molecule has 2 aromatic rings. The van der Waals surface area contributed by atoms with Gasteiger partial charge in [-0.15, -0.1) is 0 Å². The van der Waals surface area contributed by atoms with Gasteiger partial charge in [-0.05, 0) is 18.9 Å². The standard InChI is InChI=1S/C13H15N5O/c1-8-3-4-18(13(8)19)12-5-11(16-17-12)10-7-15-14-6-9(10)2/h5-8H,3-4H2,1-2H3,(H,16,17). The Bertz CT molecular complexity index is 621.